The van der Waals surface area contributed by atoms with Crippen LogP contribution >= 0.6 is 0 Å². The van der Waals surface area contributed by atoms with Crippen molar-refractivity contribution in [2.45, 2.75) is 19.1 Å². The molecule has 4 heteroatoms. The van der Waals surface area contributed by atoms with Gasteiger partial charge in [0.25, 0.3) is 0 Å². The van der Waals surface area contributed by atoms with Gasteiger partial charge in [0.05, 0.1) is 5.75 Å². The quantitative estimate of drug-likeness (QED) is 0.819. The summed E-state index contributed by atoms with van der Waals surface area (Å²) in [7, 11) is -1.72. The molecule has 1 rings (SSSR count). The highest BCUT2D eigenvalue weighted by Crippen LogP contribution is 2.12. The Morgan fingerprint density at radius 3 is 2.29 bits per heavy atom. The predicted octanol–water partition coefficient (Wildman–Crippen LogP) is 1.30. The second kappa shape index (κ2) is 4.57. The Labute approximate surface area is 85.2 Å². The highest BCUT2D eigenvalue weighted by molar-refractivity contribution is 7.88. The third kappa shape index (κ3) is 2.82. The minimum absolute atomic E-state index is 0.0630. The van der Waals surface area contributed by atoms with E-state index in [1.165, 1.54) is 7.05 Å². The molecular weight excluding hydrogens is 198 g/mol. The zero-order valence-electron chi connectivity index (χ0n) is 8.45. The first-order valence-electron chi connectivity index (χ1n) is 4.57. The van der Waals surface area contributed by atoms with Crippen LogP contribution in [0.25, 0.3) is 0 Å². The number of hydrogen-bond acceptors (Lipinski definition) is 2. The van der Waals surface area contributed by atoms with Crippen LogP contribution in [0.4, 0.5) is 0 Å². The van der Waals surface area contributed by atoms with Gasteiger partial charge in [0.15, 0.2) is 0 Å². The number of rotatable bonds is 4. The molecule has 3 nitrogen and oxygen atoms in total. The van der Waals surface area contributed by atoms with Crippen LogP contribution < -0.4 is 4.72 Å². The molecule has 0 amide bonds. The van der Waals surface area contributed by atoms with E-state index in [0.717, 1.165) is 17.5 Å². The maximum absolute atomic E-state index is 11.3. The molecule has 0 saturated heterocycles. The lowest BCUT2D eigenvalue weighted by Crippen LogP contribution is -2.20. The highest BCUT2D eigenvalue weighted by atomic mass is 32.2. The van der Waals surface area contributed by atoms with Crippen LogP contribution in [-0.2, 0) is 22.2 Å². The van der Waals surface area contributed by atoms with E-state index in [2.05, 4.69) is 4.72 Å². The summed E-state index contributed by atoms with van der Waals surface area (Å²) in [6.07, 6.45) is 0.857. The van der Waals surface area contributed by atoms with E-state index in [1.807, 2.05) is 31.2 Å². The van der Waals surface area contributed by atoms with Crippen LogP contribution in [0.2, 0.25) is 0 Å². The summed E-state index contributed by atoms with van der Waals surface area (Å²) in [6.45, 7) is 2.02. The maximum Gasteiger partial charge on any atom is 0.215 e. The zero-order chi connectivity index (χ0) is 10.6. The molecule has 0 aromatic heterocycles. The van der Waals surface area contributed by atoms with Crippen LogP contribution in [0.15, 0.2) is 24.3 Å². The van der Waals surface area contributed by atoms with Gasteiger partial charge >= 0.3 is 0 Å². The number of nitrogens with one attached hydrogen (secondary N) is 1. The molecule has 0 atom stereocenters. The molecule has 0 saturated carbocycles. The molecule has 1 N–H and O–H groups in total. The van der Waals surface area contributed by atoms with Gasteiger partial charge < -0.3 is 0 Å². The van der Waals surface area contributed by atoms with E-state index in [1.54, 1.807) is 0 Å². The number of hydrogen-bond donors (Lipinski definition) is 1. The Balaban J connectivity index is 2.97. The van der Waals surface area contributed by atoms with Crippen molar-refractivity contribution < 1.29 is 8.42 Å². The van der Waals surface area contributed by atoms with E-state index in [-0.39, 0.29) is 5.75 Å². The van der Waals surface area contributed by atoms with Crippen LogP contribution in [0.3, 0.4) is 0 Å². The first kappa shape index (κ1) is 11.2. The molecular formula is C10H15NO2S. The highest BCUT2D eigenvalue weighted by Gasteiger charge is 2.10. The van der Waals surface area contributed by atoms with Crippen molar-refractivity contribution in [3.8, 4) is 0 Å². The smallest absolute Gasteiger partial charge is 0.215 e. The Kier molecular flexibility index (Phi) is 3.66. The summed E-state index contributed by atoms with van der Waals surface area (Å²) in [5.74, 6) is 0.0630. The minimum Gasteiger partial charge on any atom is -0.218 e. The Morgan fingerprint density at radius 1 is 1.21 bits per heavy atom. The van der Waals surface area contributed by atoms with E-state index in [4.69, 9.17) is 0 Å². The van der Waals surface area contributed by atoms with Crippen molar-refractivity contribution in [1.29, 1.82) is 0 Å². The first-order valence-corrected chi connectivity index (χ1v) is 6.22. The van der Waals surface area contributed by atoms with Crippen molar-refractivity contribution in [2.75, 3.05) is 7.05 Å². The summed E-state index contributed by atoms with van der Waals surface area (Å²) in [5, 5.41) is 0. The molecule has 0 radical (unpaired) electrons. The summed E-state index contributed by atoms with van der Waals surface area (Å²) >= 11 is 0. The van der Waals surface area contributed by atoms with Gasteiger partial charge in [-0.25, -0.2) is 13.1 Å². The second-order valence-corrected chi connectivity index (χ2v) is 5.01. The SMILES string of the molecule is CCc1ccccc1CS(=O)(=O)NC. The van der Waals surface area contributed by atoms with Gasteiger partial charge in [-0.3, -0.25) is 0 Å². The summed E-state index contributed by atoms with van der Waals surface area (Å²) in [6, 6.07) is 7.60. The lowest BCUT2D eigenvalue weighted by atomic mass is 10.1. The van der Waals surface area contributed by atoms with Gasteiger partial charge in [0.2, 0.25) is 10.0 Å². The van der Waals surface area contributed by atoms with Crippen molar-refractivity contribution in [1.82, 2.24) is 4.72 Å². The van der Waals surface area contributed by atoms with Gasteiger partial charge in [-0.15, -0.1) is 0 Å². The van der Waals surface area contributed by atoms with Crippen molar-refractivity contribution in [3.63, 3.8) is 0 Å². The van der Waals surface area contributed by atoms with Crippen molar-refractivity contribution in [2.24, 2.45) is 0 Å². The second-order valence-electron chi connectivity index (χ2n) is 3.09. The molecule has 14 heavy (non-hydrogen) atoms. The molecule has 0 bridgehead atoms. The molecule has 0 unspecified atom stereocenters. The zero-order valence-corrected chi connectivity index (χ0v) is 9.26. The average molecular weight is 213 g/mol. The molecule has 78 valence electrons. The molecule has 1 aromatic carbocycles. The van der Waals surface area contributed by atoms with E-state index in [9.17, 15) is 8.42 Å². The Bertz CT molecular complexity index is 398. The van der Waals surface area contributed by atoms with Gasteiger partial charge in [0, 0.05) is 0 Å². The molecule has 0 aliphatic carbocycles. The van der Waals surface area contributed by atoms with Gasteiger partial charge in [0.1, 0.15) is 0 Å². The van der Waals surface area contributed by atoms with Crippen LogP contribution in [0.1, 0.15) is 18.1 Å². The molecule has 0 heterocycles. The average Bonchev–Trinajstić information content (AvgIpc) is 2.18. The monoisotopic (exact) mass is 213 g/mol. The first-order chi connectivity index (χ1) is 6.59. The lowest BCUT2D eigenvalue weighted by Gasteiger charge is -2.07. The largest absolute Gasteiger partial charge is 0.218 e. The van der Waals surface area contributed by atoms with Crippen molar-refractivity contribution >= 4 is 10.0 Å². The lowest BCUT2D eigenvalue weighted by molar-refractivity contribution is 0.587. The normalized spacial score (nSPS) is 11.6. The minimum atomic E-state index is -3.16. The van der Waals surface area contributed by atoms with E-state index in [0.29, 0.717) is 0 Å². The Morgan fingerprint density at radius 2 is 1.79 bits per heavy atom. The number of aryl methyl sites for hydroxylation is 1. The van der Waals surface area contributed by atoms with Crippen LogP contribution in [-0.4, -0.2) is 15.5 Å². The molecule has 0 fully saturated rings. The molecule has 0 aliphatic rings. The summed E-state index contributed by atoms with van der Waals surface area (Å²) < 4.78 is 25.0. The Hall–Kier alpha value is -0.870. The predicted molar refractivity (Wildman–Crippen MR) is 57.5 cm³/mol. The van der Waals surface area contributed by atoms with Crippen LogP contribution in [0, 0.1) is 0 Å². The van der Waals surface area contributed by atoms with Crippen LogP contribution in [0.5, 0.6) is 0 Å². The fraction of sp³-hybridized carbons (Fsp3) is 0.400. The van der Waals surface area contributed by atoms with Gasteiger partial charge in [-0.1, -0.05) is 31.2 Å². The van der Waals surface area contributed by atoms with Gasteiger partial charge in [-0.2, -0.15) is 0 Å². The number of sulfonamides is 1. The maximum atomic E-state index is 11.3. The van der Waals surface area contributed by atoms with E-state index >= 15 is 0 Å². The molecule has 0 spiro atoms. The molecule has 0 aliphatic heterocycles. The summed E-state index contributed by atoms with van der Waals surface area (Å²) in [5.41, 5.74) is 1.97. The standard InChI is InChI=1S/C10H15NO2S/c1-3-9-6-4-5-7-10(9)8-14(12,13)11-2/h4-7,11H,3,8H2,1-2H3. The van der Waals surface area contributed by atoms with E-state index < -0.39 is 10.0 Å². The van der Waals surface area contributed by atoms with Gasteiger partial charge in [-0.05, 0) is 24.6 Å². The topological polar surface area (TPSA) is 46.2 Å². The molecule has 1 aromatic rings. The van der Waals surface area contributed by atoms with Crippen molar-refractivity contribution in [3.05, 3.63) is 35.4 Å². The third-order valence-corrected chi connectivity index (χ3v) is 3.47. The summed E-state index contributed by atoms with van der Waals surface area (Å²) in [4.78, 5) is 0. The fourth-order valence-electron chi connectivity index (χ4n) is 1.32. The third-order valence-electron chi connectivity index (χ3n) is 2.16. The fourth-order valence-corrected chi connectivity index (χ4v) is 2.16. The number of benzene rings is 1.